The number of hydrogen-bond donors (Lipinski definition) is 0. The van der Waals surface area contributed by atoms with Crippen LogP contribution in [-0.2, 0) is 4.79 Å². The van der Waals surface area contributed by atoms with E-state index in [-0.39, 0.29) is 16.9 Å². The predicted octanol–water partition coefficient (Wildman–Crippen LogP) is 3.24. The van der Waals surface area contributed by atoms with E-state index in [1.165, 1.54) is 30.7 Å². The van der Waals surface area contributed by atoms with Crippen molar-refractivity contribution < 1.29 is 19.2 Å². The number of benzene rings is 2. The molecule has 138 valence electrons. The van der Waals surface area contributed by atoms with Crippen molar-refractivity contribution >= 4 is 22.7 Å². The molecule has 7 heteroatoms. The highest BCUT2D eigenvalue weighted by molar-refractivity contribution is 6.13. The molecular formula is C21H15N3O4. The maximum atomic E-state index is 12.5. The van der Waals surface area contributed by atoms with Gasteiger partial charge in [-0.3, -0.25) is 4.79 Å². The zero-order valence-corrected chi connectivity index (χ0v) is 15.4. The summed E-state index contributed by atoms with van der Waals surface area (Å²) in [7, 11) is 1.54. The highest BCUT2D eigenvalue weighted by Gasteiger charge is 2.25. The van der Waals surface area contributed by atoms with E-state index < -0.39 is 5.97 Å². The fourth-order valence-electron chi connectivity index (χ4n) is 3.08. The highest BCUT2D eigenvalue weighted by Crippen LogP contribution is 2.35. The number of carbonyl (C=O) groups is 2. The summed E-state index contributed by atoms with van der Waals surface area (Å²) >= 11 is 0. The van der Waals surface area contributed by atoms with Crippen molar-refractivity contribution in [1.82, 2.24) is 4.73 Å². The molecule has 0 fully saturated rings. The number of fused-ring (bicyclic) bond motifs is 1. The molecule has 0 atom stereocenters. The molecule has 3 rings (SSSR count). The Morgan fingerprint density at radius 3 is 2.11 bits per heavy atom. The van der Waals surface area contributed by atoms with Gasteiger partial charge in [0.1, 0.15) is 17.9 Å². The van der Waals surface area contributed by atoms with Gasteiger partial charge in [0.15, 0.2) is 5.78 Å². The first-order chi connectivity index (χ1) is 13.4. The monoisotopic (exact) mass is 373 g/mol. The van der Waals surface area contributed by atoms with Crippen molar-refractivity contribution in [3.8, 4) is 29.1 Å². The molecule has 1 heterocycles. The van der Waals surface area contributed by atoms with Crippen LogP contribution in [0.2, 0.25) is 0 Å². The van der Waals surface area contributed by atoms with Gasteiger partial charge in [-0.05, 0) is 43.3 Å². The summed E-state index contributed by atoms with van der Waals surface area (Å²) in [6, 6.07) is 13.7. The first-order valence-electron chi connectivity index (χ1n) is 8.28. The van der Waals surface area contributed by atoms with Gasteiger partial charge in [-0.25, -0.2) is 4.79 Å². The number of hydrogen-bond acceptors (Lipinski definition) is 6. The van der Waals surface area contributed by atoms with Gasteiger partial charge in [-0.15, -0.1) is 0 Å². The topological polar surface area (TPSA) is 105 Å². The van der Waals surface area contributed by atoms with Crippen LogP contribution in [0.15, 0.2) is 36.4 Å². The van der Waals surface area contributed by atoms with E-state index in [0.717, 1.165) is 0 Å². The van der Waals surface area contributed by atoms with Crippen molar-refractivity contribution in [2.24, 2.45) is 0 Å². The van der Waals surface area contributed by atoms with E-state index in [9.17, 15) is 20.1 Å². The van der Waals surface area contributed by atoms with Gasteiger partial charge in [0.05, 0.1) is 35.0 Å². The SMILES string of the molecule is COc1ccc(-c2c(C(C)=O)c3cc(C#N)c(C#N)cc3n2OC(C)=O)cc1. The maximum Gasteiger partial charge on any atom is 0.329 e. The van der Waals surface area contributed by atoms with E-state index in [2.05, 4.69) is 0 Å². The van der Waals surface area contributed by atoms with Crippen LogP contribution in [0, 0.1) is 22.7 Å². The first kappa shape index (κ1) is 18.7. The van der Waals surface area contributed by atoms with Crippen molar-refractivity contribution in [3.63, 3.8) is 0 Å². The number of nitriles is 2. The van der Waals surface area contributed by atoms with Crippen molar-refractivity contribution in [2.75, 3.05) is 7.11 Å². The third-order valence-corrected chi connectivity index (χ3v) is 4.24. The molecule has 2 aromatic carbocycles. The minimum absolute atomic E-state index is 0.122. The quantitative estimate of drug-likeness (QED) is 0.650. The Kier molecular flexibility index (Phi) is 4.84. The smallest absolute Gasteiger partial charge is 0.329 e. The Morgan fingerprint density at radius 1 is 1.00 bits per heavy atom. The average Bonchev–Trinajstić information content (AvgIpc) is 2.99. The van der Waals surface area contributed by atoms with E-state index in [1.807, 2.05) is 12.1 Å². The van der Waals surface area contributed by atoms with Crippen molar-refractivity contribution in [3.05, 3.63) is 53.1 Å². The molecule has 7 nitrogen and oxygen atoms in total. The average molecular weight is 373 g/mol. The van der Waals surface area contributed by atoms with Crippen molar-refractivity contribution in [2.45, 2.75) is 13.8 Å². The molecule has 0 aliphatic carbocycles. The lowest BCUT2D eigenvalue weighted by Gasteiger charge is -2.11. The van der Waals surface area contributed by atoms with Crippen LogP contribution < -0.4 is 9.57 Å². The summed E-state index contributed by atoms with van der Waals surface area (Å²) in [5.41, 5.74) is 1.88. The van der Waals surface area contributed by atoms with Crippen LogP contribution in [0.4, 0.5) is 0 Å². The van der Waals surface area contributed by atoms with Gasteiger partial charge in [0.2, 0.25) is 0 Å². The van der Waals surface area contributed by atoms with Crippen LogP contribution >= 0.6 is 0 Å². The van der Waals surface area contributed by atoms with E-state index in [0.29, 0.717) is 33.5 Å². The van der Waals surface area contributed by atoms with Crippen LogP contribution in [-0.4, -0.2) is 23.6 Å². The Morgan fingerprint density at radius 2 is 1.61 bits per heavy atom. The molecule has 3 aromatic rings. The molecule has 0 saturated carbocycles. The second-order valence-corrected chi connectivity index (χ2v) is 6.02. The first-order valence-corrected chi connectivity index (χ1v) is 8.28. The lowest BCUT2D eigenvalue weighted by molar-refractivity contribution is -0.140. The summed E-state index contributed by atoms with van der Waals surface area (Å²) in [6.45, 7) is 2.64. The Balaban J connectivity index is 2.47. The molecule has 0 spiro atoms. The normalized spacial score (nSPS) is 10.2. The van der Waals surface area contributed by atoms with Gasteiger partial charge in [0.25, 0.3) is 0 Å². The zero-order chi connectivity index (χ0) is 20.4. The molecule has 0 amide bonds. The molecule has 0 bridgehead atoms. The van der Waals surface area contributed by atoms with Crippen LogP contribution in [0.5, 0.6) is 5.75 Å². The molecule has 0 saturated heterocycles. The number of ketones is 1. The van der Waals surface area contributed by atoms with Gasteiger partial charge >= 0.3 is 5.97 Å². The standard InChI is InChI=1S/C21H15N3O4/c1-12(25)20-18-8-15(10-22)16(11-23)9-19(18)24(28-13(2)26)21(20)14-4-6-17(27-3)7-5-14/h4-9H,1-3H3. The molecular weight excluding hydrogens is 358 g/mol. The fourth-order valence-corrected chi connectivity index (χ4v) is 3.08. The maximum absolute atomic E-state index is 12.5. The number of carbonyl (C=O) groups excluding carboxylic acids is 2. The Bertz CT molecular complexity index is 1190. The second kappa shape index (κ2) is 7.26. The molecule has 1 aromatic heterocycles. The number of rotatable bonds is 4. The second-order valence-electron chi connectivity index (χ2n) is 6.02. The van der Waals surface area contributed by atoms with Gasteiger partial charge in [-0.2, -0.15) is 15.3 Å². The molecule has 0 unspecified atom stereocenters. The molecule has 0 radical (unpaired) electrons. The van der Waals surface area contributed by atoms with Crippen molar-refractivity contribution in [1.29, 1.82) is 10.5 Å². The summed E-state index contributed by atoms with van der Waals surface area (Å²) in [6.07, 6.45) is 0. The lowest BCUT2D eigenvalue weighted by Crippen LogP contribution is -2.18. The number of Topliss-reactive ketones (excluding diaryl/α,β-unsaturated/α-hetero) is 1. The number of ether oxygens (including phenoxy) is 1. The summed E-state index contributed by atoms with van der Waals surface area (Å²) in [5.74, 6) is -0.234. The Hall–Kier alpha value is -4.10. The molecule has 0 aliphatic heterocycles. The van der Waals surface area contributed by atoms with Crippen LogP contribution in [0.1, 0.15) is 35.3 Å². The number of aromatic nitrogens is 1. The Labute approximate surface area is 160 Å². The summed E-state index contributed by atoms with van der Waals surface area (Å²) in [4.78, 5) is 29.6. The lowest BCUT2D eigenvalue weighted by atomic mass is 9.99. The minimum Gasteiger partial charge on any atom is -0.497 e. The van der Waals surface area contributed by atoms with Gasteiger partial charge in [0, 0.05) is 17.9 Å². The minimum atomic E-state index is -0.593. The van der Waals surface area contributed by atoms with Gasteiger partial charge < -0.3 is 9.57 Å². The summed E-state index contributed by atoms with van der Waals surface area (Å²) in [5, 5.41) is 19.1. The van der Waals surface area contributed by atoms with E-state index >= 15 is 0 Å². The molecule has 28 heavy (non-hydrogen) atoms. The number of nitrogens with zero attached hydrogens (tertiary/aromatic N) is 3. The fraction of sp³-hybridized carbons (Fsp3) is 0.143. The van der Waals surface area contributed by atoms with Crippen LogP contribution in [0.3, 0.4) is 0 Å². The molecule has 0 aliphatic rings. The largest absolute Gasteiger partial charge is 0.497 e. The van der Waals surface area contributed by atoms with E-state index in [1.54, 1.807) is 31.4 Å². The van der Waals surface area contributed by atoms with E-state index in [4.69, 9.17) is 9.57 Å². The zero-order valence-electron chi connectivity index (χ0n) is 15.4. The third-order valence-electron chi connectivity index (χ3n) is 4.24. The van der Waals surface area contributed by atoms with Gasteiger partial charge in [-0.1, -0.05) is 0 Å². The highest BCUT2D eigenvalue weighted by atomic mass is 16.7. The summed E-state index contributed by atoms with van der Waals surface area (Å²) < 4.78 is 6.40. The number of methoxy groups -OCH3 is 1. The van der Waals surface area contributed by atoms with Crippen LogP contribution in [0.25, 0.3) is 22.2 Å². The third kappa shape index (κ3) is 3.06. The predicted molar refractivity (Wildman–Crippen MR) is 101 cm³/mol. The molecule has 0 N–H and O–H groups in total.